The first-order valence-corrected chi connectivity index (χ1v) is 44.0. The van der Waals surface area contributed by atoms with E-state index in [-0.39, 0.29) is 69.9 Å². The summed E-state index contributed by atoms with van der Waals surface area (Å²) in [5, 5.41) is 27.5. The average molecular weight is 2060 g/mol. The molecule has 0 saturated heterocycles. The first-order chi connectivity index (χ1) is 62.8. The largest absolute Gasteiger partial charge is 0.507 e. The van der Waals surface area contributed by atoms with Crippen LogP contribution < -0.4 is 0 Å². The molecule has 22 aromatic rings. The predicted molar refractivity (Wildman–Crippen MR) is 532 cm³/mol. The minimum Gasteiger partial charge on any atom is -0.507 e. The van der Waals surface area contributed by atoms with Crippen molar-refractivity contribution in [3.63, 3.8) is 0 Å². The summed E-state index contributed by atoms with van der Waals surface area (Å²) in [6.45, 7) is 18.0. The molecule has 0 unspecified atom stereocenters. The van der Waals surface area contributed by atoms with E-state index in [9.17, 15) is 10.2 Å². The molecule has 6 heterocycles. The third-order valence-corrected chi connectivity index (χ3v) is 25.4. The van der Waals surface area contributed by atoms with Gasteiger partial charge in [0, 0.05) is 115 Å². The Balaban J connectivity index is 0.000000167. The number of aromatic nitrogens is 8. The van der Waals surface area contributed by atoms with Crippen LogP contribution in [-0.4, -0.2) is 48.4 Å². The molecule has 0 radical (unpaired) electrons. The number of para-hydroxylation sites is 8. The average Bonchev–Trinajstić information content (AvgIpc) is 1.62. The van der Waals surface area contributed by atoms with Crippen molar-refractivity contribution in [1.29, 1.82) is 0 Å². The van der Waals surface area contributed by atoms with Gasteiger partial charge in [-0.15, -0.1) is 53.1 Å². The molecule has 0 amide bonds. The molecule has 0 atom stereocenters. The number of hydrogen-bond donors (Lipinski definition) is 2. The third kappa shape index (κ3) is 15.9. The molecule has 0 spiro atoms. The molecule has 0 aliphatic rings. The number of benzene rings is 16. The van der Waals surface area contributed by atoms with E-state index in [1.807, 2.05) is 60.9 Å². The van der Waals surface area contributed by atoms with Crippen molar-refractivity contribution in [3.8, 4) is 135 Å². The van der Waals surface area contributed by atoms with Crippen molar-refractivity contribution in [2.45, 2.75) is 71.6 Å². The Morgan fingerprint density at radius 3 is 1.04 bits per heavy atom. The molecule has 2 N–H and O–H groups in total. The van der Waals surface area contributed by atoms with Gasteiger partial charge < -0.3 is 19.3 Å². The van der Waals surface area contributed by atoms with E-state index in [1.54, 1.807) is 12.1 Å². The first kappa shape index (κ1) is 85.8. The van der Waals surface area contributed by atoms with Gasteiger partial charge in [0.15, 0.2) is 0 Å². The second-order valence-corrected chi connectivity index (χ2v) is 35.9. The minimum absolute atomic E-state index is 0. The topological polar surface area (TPSA) is 112 Å². The van der Waals surface area contributed by atoms with Crippen LogP contribution in [0.15, 0.2) is 401 Å². The van der Waals surface area contributed by atoms with E-state index in [0.29, 0.717) is 22.8 Å². The Labute approximate surface area is 791 Å². The second kappa shape index (κ2) is 35.1. The summed E-state index contributed by atoms with van der Waals surface area (Å²) in [6.07, 6.45) is 4.02. The van der Waals surface area contributed by atoms with E-state index >= 15 is 0 Å². The summed E-state index contributed by atoms with van der Waals surface area (Å²) >= 11 is 0. The molecule has 10 nitrogen and oxygen atoms in total. The quantitative estimate of drug-likeness (QED) is 0.0989. The third-order valence-electron chi connectivity index (χ3n) is 25.4. The van der Waals surface area contributed by atoms with Crippen LogP contribution in [0.2, 0.25) is 0 Å². The predicted octanol–water partition coefficient (Wildman–Crippen LogP) is 30.0. The van der Waals surface area contributed by atoms with Crippen molar-refractivity contribution in [2.75, 3.05) is 0 Å². The second-order valence-electron chi connectivity index (χ2n) is 35.9. The number of pyridine rings is 2. The molecule has 0 aliphatic heterocycles. The van der Waals surface area contributed by atoms with E-state index < -0.39 is 0 Å². The van der Waals surface area contributed by atoms with E-state index in [2.05, 4.69) is 413 Å². The van der Waals surface area contributed by atoms with Crippen LogP contribution in [0.5, 0.6) is 11.5 Å². The number of fused-ring (bicyclic) bond motifs is 8. The van der Waals surface area contributed by atoms with Crippen LogP contribution in [0.4, 0.5) is 0 Å². The summed E-state index contributed by atoms with van der Waals surface area (Å²) in [6, 6.07) is 143. The summed E-state index contributed by atoms with van der Waals surface area (Å²) in [5.41, 5.74) is 31.1. The monoisotopic (exact) mass is 2050 g/mol. The fourth-order valence-electron chi connectivity index (χ4n) is 18.5. The van der Waals surface area contributed by atoms with Crippen LogP contribution in [0.25, 0.3) is 189 Å². The normalized spacial score (nSPS) is 11.8. The number of rotatable bonds is 15. The number of phenolic OH excluding ortho intramolecular Hbond substituents is 2. The van der Waals surface area contributed by atoms with Gasteiger partial charge in [0.2, 0.25) is 0 Å². The molecule has 0 bridgehead atoms. The maximum Gasteiger partial charge on any atom is 0.148 e. The Morgan fingerprint density at radius 2 is 0.603 bits per heavy atom. The maximum absolute atomic E-state index is 11.5. The van der Waals surface area contributed by atoms with Crippen molar-refractivity contribution in [2.24, 2.45) is 0 Å². The molecular weight excluding hydrogens is 1960 g/mol. The molecule has 16 aromatic carbocycles. The van der Waals surface area contributed by atoms with Crippen molar-refractivity contribution in [3.05, 3.63) is 435 Å². The number of imidazole rings is 2. The van der Waals surface area contributed by atoms with Crippen molar-refractivity contribution < 1.29 is 52.3 Å². The SMILES string of the molecule is CC(C)(C)c1ccc(-n2c(-c3ccccc3O)nc3c(-c4[c-]c(-c5cc6c(cn5)c5ccccc5n6-c5ccccc5)cc(-c5ccccc5)c4)cccc32)c(-c2ccccc2)c1.CC(C)(C)c1ccc(-n2c(-c3ccccc3O)nc3c(-c4[c-]c(-c5cc6c(cn5)c5ccccc5n6-c5ccccc5)cc(C(C)(C)c5ccccc5)c4)cccc32)c(-c2ccccc2)c1.[Pt].[Pt]. The van der Waals surface area contributed by atoms with Gasteiger partial charge in [-0.05, 0) is 153 Å². The summed E-state index contributed by atoms with van der Waals surface area (Å²) in [5.74, 6) is 1.63. The minimum atomic E-state index is -0.378. The molecule has 12 heteroatoms. The Bertz CT molecular complexity index is 8050. The van der Waals surface area contributed by atoms with Gasteiger partial charge >= 0.3 is 0 Å². The maximum atomic E-state index is 11.5. The Hall–Kier alpha value is -14.7. The number of aromatic hydroxyl groups is 2. The summed E-state index contributed by atoms with van der Waals surface area (Å²) in [4.78, 5) is 21.4. The van der Waals surface area contributed by atoms with Crippen LogP contribution >= 0.6 is 0 Å². The molecule has 22 rings (SSSR count). The zero-order valence-electron chi connectivity index (χ0n) is 73.7. The smallest absolute Gasteiger partial charge is 0.148 e. The standard InChI is InChI=1S/C61H49N4O.C58H43N4O.2Pt/c1-60(2,3)44-32-33-54(50(37-44)40-20-9-6-10-21-40)65-55-30-19-28-47(58(55)63-59(65)49-27-16-18-31-57(49)66)41-34-42(36-45(35-41)61(4,5)43-22-11-7-12-23-43)52-38-56-51(39-62-52)48-26-15-17-29-53(48)64(56)46-24-13-8-14-25-46;1-58(2,3)43-30-31-52(48(35-43)39-20-9-5-10-21-39)62-53-28-17-26-45(56(53)60-57(62)47-25-14-16-29-55(47)63)41-32-40(38-18-7-4-8-19-38)33-42(34-41)50-36-54-49(37-59-50)46-24-13-15-27-51(46)61(54)44-22-11-6-12-23-44;;/h6-33,35-39,66H,1-5H3;4-33,35-37,63H,1-3H3;;/q2*-1;;. The van der Waals surface area contributed by atoms with Gasteiger partial charge in [-0.25, -0.2) is 9.97 Å². The Kier molecular flexibility index (Phi) is 23.0. The number of nitrogens with zero attached hydrogens (tertiary/aromatic N) is 8. The number of phenols is 2. The number of hydrogen-bond acceptors (Lipinski definition) is 6. The van der Waals surface area contributed by atoms with Gasteiger partial charge in [0.05, 0.1) is 66.6 Å². The molecule has 0 saturated carbocycles. The molecule has 131 heavy (non-hydrogen) atoms. The molecule has 0 aliphatic carbocycles. The van der Waals surface area contributed by atoms with Crippen LogP contribution in [-0.2, 0) is 58.4 Å². The molecule has 642 valence electrons. The van der Waals surface area contributed by atoms with Gasteiger partial charge in [0.1, 0.15) is 23.1 Å². The first-order valence-electron chi connectivity index (χ1n) is 44.0. The molecule has 0 fully saturated rings. The van der Waals surface area contributed by atoms with Gasteiger partial charge in [-0.3, -0.25) is 19.1 Å². The Morgan fingerprint density at radius 1 is 0.252 bits per heavy atom. The summed E-state index contributed by atoms with van der Waals surface area (Å²) in [7, 11) is 0. The van der Waals surface area contributed by atoms with Crippen LogP contribution in [0.3, 0.4) is 0 Å². The molecular formula is C119H92N8O2Pt2-2. The van der Waals surface area contributed by atoms with E-state index in [0.717, 1.165) is 172 Å². The van der Waals surface area contributed by atoms with Gasteiger partial charge in [-0.1, -0.05) is 338 Å². The van der Waals surface area contributed by atoms with E-state index in [1.165, 1.54) is 16.7 Å². The molecule has 6 aromatic heterocycles. The zero-order chi connectivity index (χ0) is 87.8. The fraction of sp³-hybridized carbons (Fsp3) is 0.0924. The van der Waals surface area contributed by atoms with Crippen molar-refractivity contribution >= 4 is 65.7 Å². The van der Waals surface area contributed by atoms with Crippen LogP contribution in [0, 0.1) is 12.1 Å². The van der Waals surface area contributed by atoms with Gasteiger partial charge in [-0.2, -0.15) is 0 Å². The fourth-order valence-corrected chi connectivity index (χ4v) is 18.5. The van der Waals surface area contributed by atoms with E-state index in [4.69, 9.17) is 19.9 Å². The zero-order valence-corrected chi connectivity index (χ0v) is 78.3. The van der Waals surface area contributed by atoms with Crippen LogP contribution in [0.1, 0.15) is 77.6 Å². The van der Waals surface area contributed by atoms with Gasteiger partial charge in [0.25, 0.3) is 0 Å². The summed E-state index contributed by atoms with van der Waals surface area (Å²) < 4.78 is 9.09. The van der Waals surface area contributed by atoms with Crippen molar-refractivity contribution in [1.82, 2.24) is 38.2 Å².